The van der Waals surface area contributed by atoms with Gasteiger partial charge < -0.3 is 14.2 Å². The molecule has 1 heterocycles. The van der Waals surface area contributed by atoms with Crippen LogP contribution in [0.2, 0.25) is 0 Å². The molecule has 1 aliphatic heterocycles. The van der Waals surface area contributed by atoms with Crippen molar-refractivity contribution in [2.45, 2.75) is 12.7 Å². The first-order valence-corrected chi connectivity index (χ1v) is 6.87. The lowest BCUT2D eigenvalue weighted by atomic mass is 10.2. The highest BCUT2D eigenvalue weighted by molar-refractivity contribution is 5.89. The number of hydrogen-bond acceptors (Lipinski definition) is 4. The number of rotatable bonds is 6. The molecule has 1 saturated heterocycles. The predicted octanol–water partition coefficient (Wildman–Crippen LogP) is 2.82. The molecule has 0 aromatic heterocycles. The van der Waals surface area contributed by atoms with Gasteiger partial charge in [0.15, 0.2) is 0 Å². The Balaban J connectivity index is 1.51. The number of carbonyl (C=O) groups excluding carboxylic acids is 1. The van der Waals surface area contributed by atoms with Crippen LogP contribution >= 0.6 is 0 Å². The van der Waals surface area contributed by atoms with E-state index in [-0.39, 0.29) is 18.7 Å². The van der Waals surface area contributed by atoms with Gasteiger partial charge in [0.05, 0.1) is 12.2 Å². The Hall–Kier alpha value is -2.33. The van der Waals surface area contributed by atoms with Gasteiger partial charge in [-0.2, -0.15) is 0 Å². The highest BCUT2D eigenvalue weighted by Gasteiger charge is 2.23. The average Bonchev–Trinajstić information content (AvgIpc) is 3.36. The topological polar surface area (TPSA) is 48.1 Å². The smallest absolute Gasteiger partial charge is 0.338 e. The van der Waals surface area contributed by atoms with E-state index in [1.165, 1.54) is 0 Å². The van der Waals surface area contributed by atoms with E-state index >= 15 is 0 Å². The summed E-state index contributed by atoms with van der Waals surface area (Å²) in [6.45, 7) is 1.60. The summed E-state index contributed by atoms with van der Waals surface area (Å²) >= 11 is 0. The number of esters is 1. The van der Waals surface area contributed by atoms with Crippen molar-refractivity contribution in [2.75, 3.05) is 13.2 Å². The number of benzene rings is 2. The van der Waals surface area contributed by atoms with Crippen LogP contribution in [0.3, 0.4) is 0 Å². The summed E-state index contributed by atoms with van der Waals surface area (Å²) in [6, 6.07) is 16.5. The van der Waals surface area contributed by atoms with Gasteiger partial charge in [0, 0.05) is 0 Å². The molecular weight excluding hydrogens is 268 g/mol. The first-order valence-electron chi connectivity index (χ1n) is 6.87. The van der Waals surface area contributed by atoms with Crippen LogP contribution < -0.4 is 4.74 Å². The Morgan fingerprint density at radius 3 is 2.48 bits per heavy atom. The largest absolute Gasteiger partial charge is 0.491 e. The van der Waals surface area contributed by atoms with Gasteiger partial charge in [0.25, 0.3) is 0 Å². The summed E-state index contributed by atoms with van der Waals surface area (Å²) in [5, 5.41) is 0. The van der Waals surface area contributed by atoms with Gasteiger partial charge in [-0.05, 0) is 29.8 Å². The molecule has 21 heavy (non-hydrogen) atoms. The minimum Gasteiger partial charge on any atom is -0.491 e. The maximum atomic E-state index is 11.9. The Morgan fingerprint density at radius 1 is 1.10 bits per heavy atom. The summed E-state index contributed by atoms with van der Waals surface area (Å²) in [7, 11) is 0. The molecule has 2 aromatic rings. The Labute approximate surface area is 123 Å². The van der Waals surface area contributed by atoms with Gasteiger partial charge in [-0.25, -0.2) is 4.79 Å². The molecule has 0 aliphatic carbocycles. The zero-order valence-electron chi connectivity index (χ0n) is 11.5. The van der Waals surface area contributed by atoms with Crippen LogP contribution in [0, 0.1) is 0 Å². The van der Waals surface area contributed by atoms with E-state index < -0.39 is 0 Å². The second-order valence-corrected chi connectivity index (χ2v) is 4.85. The van der Waals surface area contributed by atoms with Crippen molar-refractivity contribution >= 4 is 5.97 Å². The minimum absolute atomic E-state index is 0.223. The third kappa shape index (κ3) is 4.07. The van der Waals surface area contributed by atoms with Crippen molar-refractivity contribution in [3.63, 3.8) is 0 Å². The molecule has 0 amide bonds. The van der Waals surface area contributed by atoms with Crippen molar-refractivity contribution in [3.8, 4) is 5.75 Å². The number of ether oxygens (including phenoxy) is 3. The van der Waals surface area contributed by atoms with E-state index in [2.05, 4.69) is 0 Å². The van der Waals surface area contributed by atoms with E-state index in [1.54, 1.807) is 24.3 Å². The fourth-order valence-corrected chi connectivity index (χ4v) is 1.85. The number of carbonyl (C=O) groups is 1. The Morgan fingerprint density at radius 2 is 1.81 bits per heavy atom. The van der Waals surface area contributed by atoms with E-state index in [4.69, 9.17) is 14.2 Å². The SMILES string of the molecule is O=C(OCc1ccccc1)c1ccc(OC[C@H]2CO2)cc1. The van der Waals surface area contributed by atoms with Crippen LogP contribution in [0.1, 0.15) is 15.9 Å². The summed E-state index contributed by atoms with van der Waals surface area (Å²) in [5.41, 5.74) is 1.48. The fourth-order valence-electron chi connectivity index (χ4n) is 1.85. The van der Waals surface area contributed by atoms with Gasteiger partial charge >= 0.3 is 5.97 Å². The van der Waals surface area contributed by atoms with Crippen LogP contribution in [0.15, 0.2) is 54.6 Å². The van der Waals surface area contributed by atoms with Crippen molar-refractivity contribution in [3.05, 3.63) is 65.7 Å². The molecule has 4 heteroatoms. The molecule has 4 nitrogen and oxygen atoms in total. The fraction of sp³-hybridized carbons (Fsp3) is 0.235. The van der Waals surface area contributed by atoms with Gasteiger partial charge in [0.1, 0.15) is 25.1 Å². The summed E-state index contributed by atoms with van der Waals surface area (Å²) < 4.78 is 15.8. The van der Waals surface area contributed by atoms with Crippen molar-refractivity contribution in [2.24, 2.45) is 0 Å². The number of hydrogen-bond donors (Lipinski definition) is 0. The van der Waals surface area contributed by atoms with Crippen LogP contribution in [-0.4, -0.2) is 25.3 Å². The molecule has 0 unspecified atom stereocenters. The predicted molar refractivity (Wildman–Crippen MR) is 77.2 cm³/mol. The lowest BCUT2D eigenvalue weighted by Gasteiger charge is -2.07. The second kappa shape index (κ2) is 6.41. The van der Waals surface area contributed by atoms with Crippen molar-refractivity contribution in [1.29, 1.82) is 0 Å². The molecule has 0 radical (unpaired) electrons. The van der Waals surface area contributed by atoms with Crippen LogP contribution in [0.5, 0.6) is 5.75 Å². The van der Waals surface area contributed by atoms with Crippen LogP contribution in [-0.2, 0) is 16.1 Å². The molecule has 1 atom stereocenters. The lowest BCUT2D eigenvalue weighted by molar-refractivity contribution is 0.0472. The molecule has 0 N–H and O–H groups in total. The molecule has 108 valence electrons. The van der Waals surface area contributed by atoms with Crippen molar-refractivity contribution in [1.82, 2.24) is 0 Å². The molecule has 0 bridgehead atoms. The third-order valence-corrected chi connectivity index (χ3v) is 3.14. The first kappa shape index (κ1) is 13.6. The summed E-state index contributed by atoms with van der Waals surface area (Å²) in [4.78, 5) is 11.9. The van der Waals surface area contributed by atoms with Gasteiger partial charge in [-0.1, -0.05) is 30.3 Å². The van der Waals surface area contributed by atoms with E-state index in [0.717, 1.165) is 17.9 Å². The van der Waals surface area contributed by atoms with Crippen molar-refractivity contribution < 1.29 is 19.0 Å². The zero-order chi connectivity index (χ0) is 14.5. The maximum absolute atomic E-state index is 11.9. The quantitative estimate of drug-likeness (QED) is 0.604. The minimum atomic E-state index is -0.337. The second-order valence-electron chi connectivity index (χ2n) is 4.85. The molecule has 0 spiro atoms. The van der Waals surface area contributed by atoms with Crippen LogP contribution in [0.25, 0.3) is 0 Å². The molecular formula is C17H16O4. The molecule has 2 aromatic carbocycles. The van der Waals surface area contributed by atoms with Gasteiger partial charge in [-0.15, -0.1) is 0 Å². The normalized spacial score (nSPS) is 16.3. The first-order chi connectivity index (χ1) is 10.3. The zero-order valence-corrected chi connectivity index (χ0v) is 11.5. The third-order valence-electron chi connectivity index (χ3n) is 3.14. The van der Waals surface area contributed by atoms with Crippen LogP contribution in [0.4, 0.5) is 0 Å². The molecule has 1 aliphatic rings. The van der Waals surface area contributed by atoms with E-state index in [1.807, 2.05) is 30.3 Å². The lowest BCUT2D eigenvalue weighted by Crippen LogP contribution is -2.06. The molecule has 3 rings (SSSR count). The van der Waals surface area contributed by atoms with E-state index in [0.29, 0.717) is 12.2 Å². The molecule has 0 saturated carbocycles. The highest BCUT2D eigenvalue weighted by atomic mass is 16.6. The summed E-state index contributed by atoms with van der Waals surface area (Å²) in [5.74, 6) is 0.390. The number of epoxide rings is 1. The average molecular weight is 284 g/mol. The van der Waals surface area contributed by atoms with Gasteiger partial charge in [0.2, 0.25) is 0 Å². The van der Waals surface area contributed by atoms with Gasteiger partial charge in [-0.3, -0.25) is 0 Å². The Kier molecular flexibility index (Phi) is 4.17. The summed E-state index contributed by atoms with van der Waals surface area (Å²) in [6.07, 6.45) is 0.223. The molecule has 1 fully saturated rings. The standard InChI is InChI=1S/C17H16O4/c18-17(21-10-13-4-2-1-3-5-13)14-6-8-15(9-7-14)19-11-16-12-20-16/h1-9,16H,10-12H2/t16-/m0/s1. The maximum Gasteiger partial charge on any atom is 0.338 e. The monoisotopic (exact) mass is 284 g/mol. The highest BCUT2D eigenvalue weighted by Crippen LogP contribution is 2.16. The Bertz CT molecular complexity index is 588. The van der Waals surface area contributed by atoms with E-state index in [9.17, 15) is 4.79 Å².